The molecule has 0 unspecified atom stereocenters. The third-order valence-electron chi connectivity index (χ3n) is 4.99. The van der Waals surface area contributed by atoms with Crippen LogP contribution in [-0.2, 0) is 0 Å². The molecule has 7 heteroatoms. The number of hydrogen-bond donors (Lipinski definition) is 1. The van der Waals surface area contributed by atoms with Gasteiger partial charge in [-0.3, -0.25) is 10.1 Å². The van der Waals surface area contributed by atoms with E-state index >= 15 is 0 Å². The van der Waals surface area contributed by atoms with Gasteiger partial charge in [0.1, 0.15) is 4.99 Å². The number of thiocarbonyl (C=S) groups is 2. The van der Waals surface area contributed by atoms with Gasteiger partial charge in [0.05, 0.1) is 0 Å². The molecule has 2 aromatic rings. The summed E-state index contributed by atoms with van der Waals surface area (Å²) in [5.74, 6) is -0.169. The van der Waals surface area contributed by atoms with E-state index in [-0.39, 0.29) is 5.91 Å². The van der Waals surface area contributed by atoms with Crippen LogP contribution in [0.5, 0.6) is 0 Å². The zero-order chi connectivity index (χ0) is 21.0. The van der Waals surface area contributed by atoms with Crippen molar-refractivity contribution >= 4 is 46.1 Å². The number of piperazine rings is 1. The lowest BCUT2D eigenvalue weighted by atomic mass is 10.1. The lowest BCUT2D eigenvalue weighted by molar-refractivity contribution is 0.0971. The zero-order valence-corrected chi connectivity index (χ0v) is 18.6. The highest BCUT2D eigenvalue weighted by molar-refractivity contribution is 7.80. The molecule has 1 aliphatic heterocycles. The summed E-state index contributed by atoms with van der Waals surface area (Å²) < 4.78 is 0. The van der Waals surface area contributed by atoms with Gasteiger partial charge in [-0.05, 0) is 55.5 Å². The molecule has 1 aliphatic rings. The Labute approximate surface area is 183 Å². The largest absolute Gasteiger partial charge is 0.378 e. The summed E-state index contributed by atoms with van der Waals surface area (Å²) in [5.41, 5.74) is 3.86. The van der Waals surface area contributed by atoms with Crippen LogP contribution in [0.4, 0.5) is 5.69 Å². The maximum Gasteiger partial charge on any atom is 0.257 e. The Balaban J connectivity index is 1.53. The molecule has 29 heavy (non-hydrogen) atoms. The number of anilines is 1. The fourth-order valence-electron chi connectivity index (χ4n) is 3.23. The molecule has 0 aromatic heterocycles. The number of hydrogen-bond acceptors (Lipinski definition) is 4. The molecule has 3 rings (SSSR count). The number of carbonyl (C=O) groups excluding carboxylic acids is 1. The second-order valence-corrected chi connectivity index (χ2v) is 8.12. The van der Waals surface area contributed by atoms with Crippen molar-refractivity contribution in [1.29, 1.82) is 0 Å². The average molecular weight is 427 g/mol. The van der Waals surface area contributed by atoms with E-state index in [9.17, 15) is 4.79 Å². The van der Waals surface area contributed by atoms with Crippen molar-refractivity contribution in [1.82, 2.24) is 15.1 Å². The Morgan fingerprint density at radius 3 is 2.14 bits per heavy atom. The molecule has 0 atom stereocenters. The number of carbonyl (C=O) groups is 1. The second kappa shape index (κ2) is 9.33. The number of nitrogens with zero attached hydrogens (tertiary/aromatic N) is 3. The molecule has 0 saturated carbocycles. The minimum atomic E-state index is -0.169. The van der Waals surface area contributed by atoms with Crippen molar-refractivity contribution in [3.63, 3.8) is 0 Å². The highest BCUT2D eigenvalue weighted by atomic mass is 32.1. The molecule has 5 nitrogen and oxygen atoms in total. The van der Waals surface area contributed by atoms with Gasteiger partial charge in [-0.1, -0.05) is 29.9 Å². The zero-order valence-electron chi connectivity index (χ0n) is 17.0. The first kappa shape index (κ1) is 21.2. The normalized spacial score (nSPS) is 13.8. The van der Waals surface area contributed by atoms with Crippen LogP contribution in [0.15, 0.2) is 48.5 Å². The number of amides is 1. The quantitative estimate of drug-likeness (QED) is 0.761. The van der Waals surface area contributed by atoms with Crippen molar-refractivity contribution in [2.75, 3.05) is 45.2 Å². The van der Waals surface area contributed by atoms with Crippen LogP contribution < -0.4 is 10.2 Å². The second-order valence-electron chi connectivity index (χ2n) is 7.35. The molecular weight excluding hydrogens is 400 g/mol. The minimum absolute atomic E-state index is 0.169. The van der Waals surface area contributed by atoms with E-state index in [1.807, 2.05) is 44.1 Å². The topological polar surface area (TPSA) is 38.8 Å². The molecule has 2 aromatic carbocycles. The van der Waals surface area contributed by atoms with Gasteiger partial charge in [-0.15, -0.1) is 0 Å². The summed E-state index contributed by atoms with van der Waals surface area (Å²) in [5, 5.41) is 3.32. The van der Waals surface area contributed by atoms with Crippen molar-refractivity contribution in [3.05, 3.63) is 65.2 Å². The summed E-state index contributed by atoms with van der Waals surface area (Å²) in [7, 11) is 4.04. The first-order valence-corrected chi connectivity index (χ1v) is 10.4. The van der Waals surface area contributed by atoms with Gasteiger partial charge in [0.2, 0.25) is 0 Å². The average Bonchev–Trinajstić information content (AvgIpc) is 2.73. The van der Waals surface area contributed by atoms with Crippen LogP contribution in [0.2, 0.25) is 0 Å². The highest BCUT2D eigenvalue weighted by Gasteiger charge is 2.22. The van der Waals surface area contributed by atoms with Gasteiger partial charge in [-0.25, -0.2) is 0 Å². The number of aryl methyl sites for hydroxylation is 1. The van der Waals surface area contributed by atoms with Crippen LogP contribution in [0, 0.1) is 6.92 Å². The molecule has 1 fully saturated rings. The SMILES string of the molecule is Cc1cccc(C(=O)NC(=S)N2CCN(C(=S)c3ccc(N(C)C)cc3)CC2)c1. The minimum Gasteiger partial charge on any atom is -0.378 e. The van der Waals surface area contributed by atoms with E-state index in [0.717, 1.165) is 48.0 Å². The molecule has 0 aliphatic carbocycles. The molecule has 0 radical (unpaired) electrons. The molecule has 1 saturated heterocycles. The van der Waals surface area contributed by atoms with E-state index < -0.39 is 0 Å². The molecule has 1 N–H and O–H groups in total. The standard InChI is InChI=1S/C22H26N4OS2/c1-16-5-4-6-18(15-16)20(27)23-22(29)26-13-11-25(12-14-26)21(28)17-7-9-19(10-8-17)24(2)3/h4-10,15H,11-14H2,1-3H3,(H,23,27,29). The number of rotatable bonds is 3. The predicted octanol–water partition coefficient (Wildman–Crippen LogP) is 3.07. The van der Waals surface area contributed by atoms with Crippen molar-refractivity contribution < 1.29 is 4.79 Å². The van der Waals surface area contributed by atoms with Crippen molar-refractivity contribution in [3.8, 4) is 0 Å². The molecule has 1 amide bonds. The summed E-state index contributed by atoms with van der Waals surface area (Å²) in [6.45, 7) is 4.96. The Morgan fingerprint density at radius 2 is 1.55 bits per heavy atom. The highest BCUT2D eigenvalue weighted by Crippen LogP contribution is 2.16. The first-order valence-electron chi connectivity index (χ1n) is 9.59. The van der Waals surface area contributed by atoms with Crippen LogP contribution >= 0.6 is 24.4 Å². The maximum absolute atomic E-state index is 12.4. The van der Waals surface area contributed by atoms with Crippen molar-refractivity contribution in [2.45, 2.75) is 6.92 Å². The Morgan fingerprint density at radius 1 is 0.931 bits per heavy atom. The van der Waals surface area contributed by atoms with Gasteiger partial charge in [-0.2, -0.15) is 0 Å². The number of benzene rings is 2. The summed E-state index contributed by atoms with van der Waals surface area (Å²) in [6.07, 6.45) is 0. The van der Waals surface area contributed by atoms with Crippen LogP contribution in [-0.4, -0.2) is 66.1 Å². The molecular formula is C22H26N4OS2. The molecule has 0 bridgehead atoms. The molecule has 1 heterocycles. The van der Waals surface area contributed by atoms with Crippen LogP contribution in [0.3, 0.4) is 0 Å². The van der Waals surface area contributed by atoms with Gasteiger partial charge in [0.15, 0.2) is 5.11 Å². The monoisotopic (exact) mass is 426 g/mol. The third kappa shape index (κ3) is 5.31. The van der Waals surface area contributed by atoms with Gasteiger partial charge in [0.25, 0.3) is 5.91 Å². The van der Waals surface area contributed by atoms with E-state index in [0.29, 0.717) is 10.7 Å². The smallest absolute Gasteiger partial charge is 0.257 e. The fourth-order valence-corrected chi connectivity index (χ4v) is 3.83. The van der Waals surface area contributed by atoms with Gasteiger partial charge >= 0.3 is 0 Å². The third-order valence-corrected chi connectivity index (χ3v) is 5.84. The fraction of sp³-hybridized carbons (Fsp3) is 0.318. The Kier molecular flexibility index (Phi) is 6.82. The Bertz CT molecular complexity index is 903. The van der Waals surface area contributed by atoms with Crippen LogP contribution in [0.1, 0.15) is 21.5 Å². The lowest BCUT2D eigenvalue weighted by Gasteiger charge is -2.37. The van der Waals surface area contributed by atoms with E-state index in [4.69, 9.17) is 24.4 Å². The van der Waals surface area contributed by atoms with Gasteiger partial charge < -0.3 is 14.7 Å². The van der Waals surface area contributed by atoms with Gasteiger partial charge in [0, 0.05) is 57.1 Å². The maximum atomic E-state index is 12.4. The van der Waals surface area contributed by atoms with Crippen LogP contribution in [0.25, 0.3) is 0 Å². The molecule has 152 valence electrons. The summed E-state index contributed by atoms with van der Waals surface area (Å²) in [6, 6.07) is 15.8. The predicted molar refractivity (Wildman–Crippen MR) is 127 cm³/mol. The van der Waals surface area contributed by atoms with E-state index in [1.54, 1.807) is 6.07 Å². The summed E-state index contributed by atoms with van der Waals surface area (Å²) in [4.78, 5) is 19.6. The Hall–Kier alpha value is -2.51. The lowest BCUT2D eigenvalue weighted by Crippen LogP contribution is -2.53. The van der Waals surface area contributed by atoms with E-state index in [2.05, 4.69) is 39.4 Å². The number of nitrogens with one attached hydrogen (secondary N) is 1. The molecule has 0 spiro atoms. The van der Waals surface area contributed by atoms with Crippen molar-refractivity contribution in [2.24, 2.45) is 0 Å². The summed E-state index contributed by atoms with van der Waals surface area (Å²) >= 11 is 11.1. The van der Waals surface area contributed by atoms with E-state index in [1.165, 1.54) is 0 Å². The first-order chi connectivity index (χ1) is 13.8.